The van der Waals surface area contributed by atoms with Crippen LogP contribution in [0.2, 0.25) is 0 Å². The molecule has 2 N–H and O–H groups in total. The second-order valence-corrected chi connectivity index (χ2v) is 13.8. The van der Waals surface area contributed by atoms with Crippen molar-refractivity contribution in [2.75, 3.05) is 44.4 Å². The quantitative estimate of drug-likeness (QED) is 0.310. The number of nitrogens with one attached hydrogen (secondary N) is 1. The van der Waals surface area contributed by atoms with Gasteiger partial charge in [0.25, 0.3) is 0 Å². The Hall–Kier alpha value is -4.04. The Morgan fingerprint density at radius 3 is 2.89 bits per heavy atom. The first-order valence-electron chi connectivity index (χ1n) is 16.6. The monoisotopic (exact) mass is 620 g/mol. The third kappa shape index (κ3) is 4.43. The van der Waals surface area contributed by atoms with Gasteiger partial charge in [0.1, 0.15) is 29.4 Å². The lowest BCUT2D eigenvalue weighted by Gasteiger charge is -2.36. The molecular weight excluding hydrogens is 583 g/mol. The maximum atomic E-state index is 16.9. The molecule has 0 spiro atoms. The predicted molar refractivity (Wildman–Crippen MR) is 173 cm³/mol. The van der Waals surface area contributed by atoms with Crippen LogP contribution in [0.15, 0.2) is 36.5 Å². The summed E-state index contributed by atoms with van der Waals surface area (Å²) in [6.07, 6.45) is 14.0. The van der Waals surface area contributed by atoms with Crippen molar-refractivity contribution >= 4 is 27.5 Å². The number of anilines is 1. The Morgan fingerprint density at radius 2 is 2.04 bits per heavy atom. The summed E-state index contributed by atoms with van der Waals surface area (Å²) < 4.78 is 29.3. The van der Waals surface area contributed by atoms with E-state index in [-0.39, 0.29) is 28.5 Å². The van der Waals surface area contributed by atoms with Crippen LogP contribution in [0.5, 0.6) is 11.8 Å². The van der Waals surface area contributed by atoms with E-state index < -0.39 is 5.82 Å². The number of fused-ring (bicyclic) bond motifs is 7. The molecule has 0 aliphatic carbocycles. The van der Waals surface area contributed by atoms with Gasteiger partial charge in [0.2, 0.25) is 0 Å². The Kier molecular flexibility index (Phi) is 6.60. The number of rotatable bonds is 5. The minimum atomic E-state index is -0.590. The van der Waals surface area contributed by atoms with Crippen molar-refractivity contribution in [3.05, 3.63) is 47.9 Å². The van der Waals surface area contributed by atoms with Gasteiger partial charge in [-0.05, 0) is 74.6 Å². The highest BCUT2D eigenvalue weighted by Gasteiger charge is 2.55. The van der Waals surface area contributed by atoms with E-state index in [1.54, 1.807) is 12.3 Å². The van der Waals surface area contributed by atoms with E-state index in [1.807, 2.05) is 18.2 Å². The lowest BCUT2D eigenvalue weighted by Crippen LogP contribution is -2.51. The highest BCUT2D eigenvalue weighted by atomic mass is 19.1. The maximum absolute atomic E-state index is 16.9. The van der Waals surface area contributed by atoms with Gasteiger partial charge in [0.05, 0.1) is 17.5 Å². The van der Waals surface area contributed by atoms with Gasteiger partial charge in [-0.3, -0.25) is 9.88 Å². The number of aromatic hydroxyl groups is 1. The summed E-state index contributed by atoms with van der Waals surface area (Å²) in [7, 11) is 0. The van der Waals surface area contributed by atoms with Gasteiger partial charge in [0, 0.05) is 60.5 Å². The second kappa shape index (κ2) is 10.8. The fraction of sp³-hybridized carbons (Fsp3) is 0.472. The Morgan fingerprint density at radius 1 is 1.17 bits per heavy atom. The van der Waals surface area contributed by atoms with Crippen LogP contribution in [0.25, 0.3) is 32.9 Å². The SMILES string of the molecule is C#Cc1cccc2cc(O)cc(-c3ncc4c(N5CC6CCC(C5)N6)nc(OCC56CCCN5C5CCOCC5C6)nc4c3F)c12. The van der Waals surface area contributed by atoms with E-state index in [9.17, 15) is 5.11 Å². The Bertz CT molecular complexity index is 1900. The van der Waals surface area contributed by atoms with Gasteiger partial charge in [-0.25, -0.2) is 4.39 Å². The standard InChI is InChI=1S/C36H37FN6O3/c1-2-21-5-3-6-22-13-26(44)14-27(30(21)22)32-31(37)33-28(16-38-32)34(42-17-24-7-8-25(18-42)39-24)41-35(40-33)46-20-36-10-4-11-43(36)29-9-12-45-19-23(29)15-36/h1,3,5-6,13-14,16,23-25,29,39,44H,4,7-12,15,17-20H2. The van der Waals surface area contributed by atoms with Crippen molar-refractivity contribution in [2.45, 2.75) is 62.2 Å². The van der Waals surface area contributed by atoms with Gasteiger partial charge < -0.3 is 24.8 Å². The molecule has 4 aromatic rings. The molecular formula is C36H37FN6O3. The third-order valence-electron chi connectivity index (χ3n) is 11.1. The van der Waals surface area contributed by atoms with Gasteiger partial charge in [0.15, 0.2) is 5.82 Å². The van der Waals surface area contributed by atoms with Crippen molar-refractivity contribution in [1.82, 2.24) is 25.2 Å². The predicted octanol–water partition coefficient (Wildman–Crippen LogP) is 4.63. The number of phenols is 1. The van der Waals surface area contributed by atoms with Crippen molar-refractivity contribution in [1.29, 1.82) is 0 Å². The van der Waals surface area contributed by atoms with Crippen LogP contribution in [-0.4, -0.2) is 88.1 Å². The normalized spacial score (nSPS) is 28.8. The van der Waals surface area contributed by atoms with Crippen LogP contribution in [0, 0.1) is 24.1 Å². The zero-order valence-corrected chi connectivity index (χ0v) is 25.7. The first-order valence-corrected chi connectivity index (χ1v) is 16.6. The van der Waals surface area contributed by atoms with Gasteiger partial charge in [-0.2, -0.15) is 9.97 Å². The number of terminal acetylenes is 1. The summed E-state index contributed by atoms with van der Waals surface area (Å²) in [5.74, 6) is 3.28. The molecule has 10 heteroatoms. The highest BCUT2D eigenvalue weighted by Crippen LogP contribution is 2.48. The van der Waals surface area contributed by atoms with Crippen LogP contribution >= 0.6 is 0 Å². The smallest absolute Gasteiger partial charge is 0.319 e. The molecule has 5 aliphatic heterocycles. The summed E-state index contributed by atoms with van der Waals surface area (Å²) in [4.78, 5) is 19.2. The second-order valence-electron chi connectivity index (χ2n) is 13.8. The molecule has 9 rings (SSSR count). The molecule has 2 aromatic heterocycles. The Balaban J connectivity index is 1.16. The summed E-state index contributed by atoms with van der Waals surface area (Å²) in [5.41, 5.74) is 1.17. The number of phenolic OH excluding ortho intramolecular Hbond substituents is 1. The van der Waals surface area contributed by atoms with Crippen molar-refractivity contribution in [2.24, 2.45) is 5.92 Å². The van der Waals surface area contributed by atoms with Crippen LogP contribution in [0.4, 0.5) is 10.2 Å². The fourth-order valence-electron chi connectivity index (χ4n) is 9.19. The van der Waals surface area contributed by atoms with E-state index >= 15 is 4.39 Å². The molecule has 9 nitrogen and oxygen atoms in total. The zero-order valence-electron chi connectivity index (χ0n) is 25.7. The van der Waals surface area contributed by atoms with Crippen LogP contribution in [0.1, 0.15) is 44.1 Å². The van der Waals surface area contributed by atoms with Gasteiger partial charge in [-0.15, -0.1) is 6.42 Å². The summed E-state index contributed by atoms with van der Waals surface area (Å²) in [6.45, 7) is 4.69. The molecule has 5 saturated heterocycles. The first kappa shape index (κ1) is 28.2. The van der Waals surface area contributed by atoms with Crippen LogP contribution in [-0.2, 0) is 4.74 Å². The minimum absolute atomic E-state index is 0.00423. The summed E-state index contributed by atoms with van der Waals surface area (Å²) in [6, 6.07) is 10.1. The topological polar surface area (TPSA) is 95.9 Å². The Labute approximate surface area is 267 Å². The fourth-order valence-corrected chi connectivity index (χ4v) is 9.19. The average molecular weight is 621 g/mol. The molecule has 236 valence electrons. The molecule has 46 heavy (non-hydrogen) atoms. The van der Waals surface area contributed by atoms with Gasteiger partial charge >= 0.3 is 6.01 Å². The lowest BCUT2D eigenvalue weighted by molar-refractivity contribution is 0.0153. The van der Waals surface area contributed by atoms with E-state index in [1.165, 1.54) is 6.07 Å². The molecule has 5 unspecified atom stereocenters. The molecule has 2 aromatic carbocycles. The lowest BCUT2D eigenvalue weighted by atomic mass is 9.88. The number of piperazine rings is 1. The molecule has 5 aliphatic rings. The number of ether oxygens (including phenoxy) is 2. The van der Waals surface area contributed by atoms with E-state index in [0.29, 0.717) is 63.8 Å². The van der Waals surface area contributed by atoms with E-state index in [0.717, 1.165) is 71.4 Å². The molecule has 5 atom stereocenters. The molecule has 0 radical (unpaired) electrons. The number of hydrogen-bond acceptors (Lipinski definition) is 9. The highest BCUT2D eigenvalue weighted by molar-refractivity contribution is 6.02. The zero-order chi connectivity index (χ0) is 31.0. The molecule has 5 fully saturated rings. The average Bonchev–Trinajstić information content (AvgIpc) is 3.73. The minimum Gasteiger partial charge on any atom is -0.508 e. The number of hydrogen-bond donors (Lipinski definition) is 2. The van der Waals surface area contributed by atoms with E-state index in [4.69, 9.17) is 25.9 Å². The first-order chi connectivity index (χ1) is 22.5. The third-order valence-corrected chi connectivity index (χ3v) is 11.1. The van der Waals surface area contributed by atoms with Crippen molar-refractivity contribution < 1.29 is 19.0 Å². The van der Waals surface area contributed by atoms with Crippen molar-refractivity contribution in [3.63, 3.8) is 0 Å². The molecule has 2 bridgehead atoms. The maximum Gasteiger partial charge on any atom is 0.319 e. The number of benzene rings is 2. The van der Waals surface area contributed by atoms with Crippen LogP contribution < -0.4 is 15.0 Å². The molecule has 7 heterocycles. The summed E-state index contributed by atoms with van der Waals surface area (Å²) >= 11 is 0. The van der Waals surface area contributed by atoms with Crippen molar-refractivity contribution in [3.8, 4) is 35.4 Å². The number of aromatic nitrogens is 3. The number of nitrogens with zero attached hydrogens (tertiary/aromatic N) is 5. The molecule has 0 amide bonds. The molecule has 0 saturated carbocycles. The largest absolute Gasteiger partial charge is 0.508 e. The van der Waals surface area contributed by atoms with E-state index in [2.05, 4.69) is 26.0 Å². The number of halogens is 1. The summed E-state index contributed by atoms with van der Waals surface area (Å²) in [5, 5.41) is 16.2. The number of pyridine rings is 1. The van der Waals surface area contributed by atoms with Gasteiger partial charge in [-0.1, -0.05) is 18.1 Å². The van der Waals surface area contributed by atoms with Crippen LogP contribution in [0.3, 0.4) is 0 Å².